The predicted octanol–water partition coefficient (Wildman–Crippen LogP) is 6.02. The topological polar surface area (TPSA) is 61.4 Å². The van der Waals surface area contributed by atoms with Crippen molar-refractivity contribution >= 4 is 45.3 Å². The SMILES string of the molecule is O=C1CC(=O)N(c2ccc(N/C=C/Cc3ccccc3)cc2)c2ccc3ccccc3c2N1. The van der Waals surface area contributed by atoms with Gasteiger partial charge in [-0.2, -0.15) is 0 Å². The highest BCUT2D eigenvalue weighted by molar-refractivity contribution is 6.21. The molecule has 4 aromatic rings. The first-order valence-corrected chi connectivity index (χ1v) is 10.9. The van der Waals surface area contributed by atoms with E-state index in [0.29, 0.717) is 17.1 Å². The van der Waals surface area contributed by atoms with Gasteiger partial charge in [0.15, 0.2) is 0 Å². The van der Waals surface area contributed by atoms with Crippen molar-refractivity contribution in [1.29, 1.82) is 0 Å². The first-order valence-electron chi connectivity index (χ1n) is 10.9. The van der Waals surface area contributed by atoms with Crippen molar-refractivity contribution in [1.82, 2.24) is 0 Å². The summed E-state index contributed by atoms with van der Waals surface area (Å²) in [7, 11) is 0. The fraction of sp³-hybridized carbons (Fsp3) is 0.0714. The van der Waals surface area contributed by atoms with Gasteiger partial charge >= 0.3 is 0 Å². The lowest BCUT2D eigenvalue weighted by atomic mass is 10.1. The number of hydrogen-bond donors (Lipinski definition) is 2. The third-order valence-electron chi connectivity index (χ3n) is 5.66. The van der Waals surface area contributed by atoms with Gasteiger partial charge in [-0.1, -0.05) is 66.7 Å². The smallest absolute Gasteiger partial charge is 0.241 e. The molecule has 2 N–H and O–H groups in total. The highest BCUT2D eigenvalue weighted by atomic mass is 16.2. The summed E-state index contributed by atoms with van der Waals surface area (Å²) in [4.78, 5) is 27.0. The van der Waals surface area contributed by atoms with Gasteiger partial charge in [-0.3, -0.25) is 14.5 Å². The molecule has 0 spiro atoms. The van der Waals surface area contributed by atoms with Gasteiger partial charge in [0, 0.05) is 16.8 Å². The van der Waals surface area contributed by atoms with Crippen LogP contribution in [0.15, 0.2) is 103 Å². The second-order valence-corrected chi connectivity index (χ2v) is 7.92. The molecular weight excluding hydrogens is 410 g/mol. The Morgan fingerprint density at radius 2 is 1.61 bits per heavy atom. The number of amides is 2. The molecule has 162 valence electrons. The number of nitrogens with one attached hydrogen (secondary N) is 2. The Hall–Kier alpha value is -4.38. The van der Waals surface area contributed by atoms with Crippen molar-refractivity contribution in [2.75, 3.05) is 15.5 Å². The summed E-state index contributed by atoms with van der Waals surface area (Å²) in [6, 6.07) is 29.6. The largest absolute Gasteiger partial charge is 0.362 e. The van der Waals surface area contributed by atoms with Crippen LogP contribution in [0.2, 0.25) is 0 Å². The van der Waals surface area contributed by atoms with E-state index in [9.17, 15) is 9.59 Å². The molecule has 0 atom stereocenters. The van der Waals surface area contributed by atoms with E-state index in [0.717, 1.165) is 22.9 Å². The highest BCUT2D eigenvalue weighted by Crippen LogP contribution is 2.40. The third-order valence-corrected chi connectivity index (χ3v) is 5.66. The summed E-state index contributed by atoms with van der Waals surface area (Å²) in [6.45, 7) is 0. The lowest BCUT2D eigenvalue weighted by Gasteiger charge is -2.23. The number of fused-ring (bicyclic) bond motifs is 3. The molecule has 0 aromatic heterocycles. The number of nitrogens with zero attached hydrogens (tertiary/aromatic N) is 1. The van der Waals surface area contributed by atoms with Gasteiger partial charge in [-0.05, 0) is 53.9 Å². The molecule has 5 rings (SSSR count). The molecule has 0 saturated heterocycles. The standard InChI is InChI=1S/C28H23N3O2/c32-26-19-27(33)31(25-17-12-21-10-4-5-11-24(21)28(25)30-26)23-15-13-22(14-16-23)29-18-6-9-20-7-2-1-3-8-20/h1-8,10-18,29H,9,19H2,(H,30,32)/b18-6+. The van der Waals surface area contributed by atoms with E-state index in [4.69, 9.17) is 0 Å². The average molecular weight is 434 g/mol. The lowest BCUT2D eigenvalue weighted by Crippen LogP contribution is -2.26. The Kier molecular flexibility index (Phi) is 5.60. The van der Waals surface area contributed by atoms with Crippen LogP contribution in [-0.2, 0) is 16.0 Å². The summed E-state index contributed by atoms with van der Waals surface area (Å²) in [5.41, 5.74) is 4.22. The van der Waals surface area contributed by atoms with Crippen molar-refractivity contribution in [3.05, 3.63) is 109 Å². The van der Waals surface area contributed by atoms with Crippen LogP contribution < -0.4 is 15.5 Å². The van der Waals surface area contributed by atoms with Crippen LogP contribution in [0.1, 0.15) is 12.0 Å². The summed E-state index contributed by atoms with van der Waals surface area (Å²) < 4.78 is 0. The van der Waals surface area contributed by atoms with Gasteiger partial charge in [-0.25, -0.2) is 0 Å². The van der Waals surface area contributed by atoms with Gasteiger partial charge < -0.3 is 10.6 Å². The average Bonchev–Trinajstić information content (AvgIpc) is 2.97. The number of carbonyl (C=O) groups is 2. The molecular formula is C28H23N3O2. The fourth-order valence-corrected chi connectivity index (χ4v) is 4.07. The molecule has 0 radical (unpaired) electrons. The van der Waals surface area contributed by atoms with Crippen molar-refractivity contribution in [3.8, 4) is 0 Å². The van der Waals surface area contributed by atoms with Crippen molar-refractivity contribution in [2.45, 2.75) is 12.8 Å². The van der Waals surface area contributed by atoms with Crippen LogP contribution in [0, 0.1) is 0 Å². The Labute approximate surface area is 192 Å². The summed E-state index contributed by atoms with van der Waals surface area (Å²) >= 11 is 0. The highest BCUT2D eigenvalue weighted by Gasteiger charge is 2.28. The molecule has 5 heteroatoms. The van der Waals surface area contributed by atoms with Gasteiger partial charge in [-0.15, -0.1) is 0 Å². The van der Waals surface area contributed by atoms with E-state index in [2.05, 4.69) is 28.8 Å². The minimum absolute atomic E-state index is 0.203. The Morgan fingerprint density at radius 3 is 2.42 bits per heavy atom. The molecule has 0 unspecified atom stereocenters. The van der Waals surface area contributed by atoms with Gasteiger partial charge in [0.25, 0.3) is 0 Å². The van der Waals surface area contributed by atoms with Gasteiger partial charge in [0.1, 0.15) is 6.42 Å². The van der Waals surface area contributed by atoms with E-state index in [1.165, 1.54) is 5.56 Å². The van der Waals surface area contributed by atoms with Crippen molar-refractivity contribution in [3.63, 3.8) is 0 Å². The minimum atomic E-state index is -0.304. The number of hydrogen-bond acceptors (Lipinski definition) is 3. The van der Waals surface area contributed by atoms with Gasteiger partial charge in [0.05, 0.1) is 11.4 Å². The lowest BCUT2D eigenvalue weighted by molar-refractivity contribution is -0.124. The number of allylic oxidation sites excluding steroid dienone is 1. The van der Waals surface area contributed by atoms with E-state index in [-0.39, 0.29) is 18.2 Å². The Bertz CT molecular complexity index is 1340. The summed E-state index contributed by atoms with van der Waals surface area (Å²) in [5, 5.41) is 8.11. The molecule has 33 heavy (non-hydrogen) atoms. The Balaban J connectivity index is 1.40. The monoisotopic (exact) mass is 433 g/mol. The molecule has 1 aliphatic rings. The molecule has 0 aliphatic carbocycles. The van der Waals surface area contributed by atoms with Crippen LogP contribution in [0.3, 0.4) is 0 Å². The number of anilines is 4. The molecule has 0 bridgehead atoms. The zero-order chi connectivity index (χ0) is 22.6. The molecule has 0 saturated carbocycles. The van der Waals surface area contributed by atoms with Crippen molar-refractivity contribution < 1.29 is 9.59 Å². The molecule has 5 nitrogen and oxygen atoms in total. The zero-order valence-electron chi connectivity index (χ0n) is 18.0. The van der Waals surface area contributed by atoms with E-state index in [1.807, 2.05) is 85.1 Å². The fourth-order valence-electron chi connectivity index (χ4n) is 4.07. The zero-order valence-corrected chi connectivity index (χ0v) is 18.0. The maximum atomic E-state index is 13.0. The second-order valence-electron chi connectivity index (χ2n) is 7.92. The van der Waals surface area contributed by atoms with E-state index in [1.54, 1.807) is 4.90 Å². The molecule has 4 aromatic carbocycles. The molecule has 0 fully saturated rings. The maximum absolute atomic E-state index is 13.0. The number of carbonyl (C=O) groups excluding carboxylic acids is 2. The first-order chi connectivity index (χ1) is 16.2. The second kappa shape index (κ2) is 9.01. The van der Waals surface area contributed by atoms with Crippen LogP contribution in [0.5, 0.6) is 0 Å². The van der Waals surface area contributed by atoms with Crippen LogP contribution in [0.25, 0.3) is 10.8 Å². The molecule has 1 aliphatic heterocycles. The van der Waals surface area contributed by atoms with E-state index >= 15 is 0 Å². The Morgan fingerprint density at radius 1 is 0.848 bits per heavy atom. The van der Waals surface area contributed by atoms with Crippen molar-refractivity contribution in [2.24, 2.45) is 0 Å². The first kappa shape index (κ1) is 20.5. The third kappa shape index (κ3) is 4.34. The quantitative estimate of drug-likeness (QED) is 0.379. The van der Waals surface area contributed by atoms with E-state index < -0.39 is 0 Å². The molecule has 2 amide bonds. The summed E-state index contributed by atoms with van der Waals surface area (Å²) in [5.74, 6) is -0.563. The van der Waals surface area contributed by atoms with Crippen LogP contribution in [-0.4, -0.2) is 11.8 Å². The van der Waals surface area contributed by atoms with Crippen LogP contribution >= 0.6 is 0 Å². The summed E-state index contributed by atoms with van der Waals surface area (Å²) in [6.07, 6.45) is 4.63. The maximum Gasteiger partial charge on any atom is 0.241 e. The van der Waals surface area contributed by atoms with Crippen LogP contribution in [0.4, 0.5) is 22.7 Å². The minimum Gasteiger partial charge on any atom is -0.362 e. The normalized spacial score (nSPS) is 13.6. The number of benzene rings is 4. The predicted molar refractivity (Wildman–Crippen MR) is 134 cm³/mol. The van der Waals surface area contributed by atoms with Gasteiger partial charge in [0.2, 0.25) is 11.8 Å². The molecule has 1 heterocycles. The number of rotatable bonds is 5.